The molecular weight excluding hydrogens is 493 g/mol. The van der Waals surface area contributed by atoms with Crippen LogP contribution < -0.4 is 19.8 Å². The number of fused-ring (bicyclic) bond motifs is 1. The van der Waals surface area contributed by atoms with Gasteiger partial charge in [0.2, 0.25) is 0 Å². The normalized spacial score (nSPS) is 15.7. The van der Waals surface area contributed by atoms with E-state index in [2.05, 4.69) is 4.99 Å². The number of rotatable bonds is 5. The molecule has 0 bridgehead atoms. The van der Waals surface area contributed by atoms with Crippen LogP contribution in [0.3, 0.4) is 0 Å². The van der Waals surface area contributed by atoms with Crippen molar-refractivity contribution in [1.82, 2.24) is 4.57 Å². The molecule has 1 aliphatic rings. The minimum Gasteiger partial charge on any atom is -0.463 e. The Morgan fingerprint density at radius 2 is 1.91 bits per heavy atom. The summed E-state index contributed by atoms with van der Waals surface area (Å²) < 4.78 is 7.35. The summed E-state index contributed by atoms with van der Waals surface area (Å²) in [6, 6.07) is 12.2. The predicted octanol–water partition coefficient (Wildman–Crippen LogP) is 4.17. The van der Waals surface area contributed by atoms with E-state index in [-0.39, 0.29) is 12.2 Å². The Hall–Kier alpha value is -2.87. The van der Waals surface area contributed by atoms with Crippen LogP contribution in [-0.2, 0) is 9.53 Å². The fraction of sp³-hybridized carbons (Fsp3) is 0.240. The van der Waals surface area contributed by atoms with Gasteiger partial charge in [0, 0.05) is 29.8 Å². The SMILES string of the molecule is CCOC(=O)C1=C(C)N=c2s/c(=C/c3ccc(Cl)cc3Cl)c(=O)n2C1c1ccc(N(C)C)cc1. The molecule has 0 radical (unpaired) electrons. The van der Waals surface area contributed by atoms with E-state index in [1.807, 2.05) is 43.3 Å². The number of hydrogen-bond donors (Lipinski definition) is 0. The van der Waals surface area contributed by atoms with Crippen LogP contribution >= 0.6 is 34.5 Å². The number of nitrogens with zero attached hydrogens (tertiary/aromatic N) is 3. The number of carbonyl (C=O) groups is 1. The molecule has 2 heterocycles. The second-order valence-electron chi connectivity index (χ2n) is 7.95. The summed E-state index contributed by atoms with van der Waals surface area (Å²) in [6.45, 7) is 3.74. The van der Waals surface area contributed by atoms with Crippen LogP contribution in [0, 0.1) is 0 Å². The molecule has 0 fully saturated rings. The zero-order chi connectivity index (χ0) is 24.6. The van der Waals surface area contributed by atoms with Gasteiger partial charge >= 0.3 is 5.97 Å². The molecule has 0 spiro atoms. The summed E-state index contributed by atoms with van der Waals surface area (Å²) in [5.41, 5.74) is 3.09. The van der Waals surface area contributed by atoms with Gasteiger partial charge in [0.25, 0.3) is 5.56 Å². The smallest absolute Gasteiger partial charge is 0.338 e. The van der Waals surface area contributed by atoms with Crippen molar-refractivity contribution in [3.8, 4) is 0 Å². The number of benzene rings is 2. The first kappa shape index (κ1) is 24.3. The summed E-state index contributed by atoms with van der Waals surface area (Å²) in [5, 5.41) is 0.956. The number of hydrogen-bond acceptors (Lipinski definition) is 6. The molecule has 0 saturated heterocycles. The van der Waals surface area contributed by atoms with E-state index >= 15 is 0 Å². The first-order chi connectivity index (χ1) is 16.2. The lowest BCUT2D eigenvalue weighted by molar-refractivity contribution is -0.139. The minimum atomic E-state index is -0.658. The van der Waals surface area contributed by atoms with Gasteiger partial charge in [-0.15, -0.1) is 0 Å². The molecule has 4 rings (SSSR count). The maximum Gasteiger partial charge on any atom is 0.338 e. The van der Waals surface area contributed by atoms with E-state index < -0.39 is 12.0 Å². The number of thiazole rings is 1. The van der Waals surface area contributed by atoms with Gasteiger partial charge in [0.05, 0.1) is 28.5 Å². The first-order valence-electron chi connectivity index (χ1n) is 10.6. The monoisotopic (exact) mass is 515 g/mol. The first-order valence-corrected chi connectivity index (χ1v) is 12.2. The van der Waals surface area contributed by atoms with Crippen LogP contribution in [-0.4, -0.2) is 31.2 Å². The molecular formula is C25H23Cl2N3O3S. The van der Waals surface area contributed by atoms with Crippen molar-refractivity contribution in [1.29, 1.82) is 0 Å². The average molecular weight is 516 g/mol. The number of esters is 1. The predicted molar refractivity (Wildman–Crippen MR) is 138 cm³/mol. The van der Waals surface area contributed by atoms with E-state index in [4.69, 9.17) is 27.9 Å². The van der Waals surface area contributed by atoms with Crippen LogP contribution in [0.4, 0.5) is 5.69 Å². The van der Waals surface area contributed by atoms with Gasteiger partial charge in [-0.05, 0) is 55.3 Å². The molecule has 3 aromatic rings. The molecule has 0 N–H and O–H groups in total. The molecule has 1 aliphatic heterocycles. The Morgan fingerprint density at radius 3 is 2.53 bits per heavy atom. The van der Waals surface area contributed by atoms with Gasteiger partial charge in [0.1, 0.15) is 0 Å². The highest BCUT2D eigenvalue weighted by atomic mass is 35.5. The standard InChI is InChI=1S/C25H23Cl2N3O3S/c1-5-33-24(32)21-14(2)28-25-30(22(21)15-7-10-18(11-8-15)29(3)4)23(31)20(34-25)12-16-6-9-17(26)13-19(16)27/h6-13,22H,5H2,1-4H3/b20-12+. The number of aromatic nitrogens is 1. The van der Waals surface area contributed by atoms with Gasteiger partial charge < -0.3 is 9.64 Å². The molecule has 9 heteroatoms. The maximum atomic E-state index is 13.6. The lowest BCUT2D eigenvalue weighted by atomic mass is 9.95. The largest absolute Gasteiger partial charge is 0.463 e. The zero-order valence-electron chi connectivity index (χ0n) is 19.1. The van der Waals surface area contributed by atoms with E-state index in [1.54, 1.807) is 42.7 Å². The van der Waals surface area contributed by atoms with Crippen molar-refractivity contribution in [2.75, 3.05) is 25.6 Å². The highest BCUT2D eigenvalue weighted by Gasteiger charge is 2.33. The Balaban J connectivity index is 1.94. The highest BCUT2D eigenvalue weighted by molar-refractivity contribution is 7.07. The van der Waals surface area contributed by atoms with E-state index in [0.29, 0.717) is 36.2 Å². The van der Waals surface area contributed by atoms with Crippen LogP contribution in [0.25, 0.3) is 6.08 Å². The lowest BCUT2D eigenvalue weighted by Crippen LogP contribution is -2.39. The van der Waals surface area contributed by atoms with Crippen molar-refractivity contribution >= 4 is 52.3 Å². The molecule has 0 amide bonds. The van der Waals surface area contributed by atoms with Crippen molar-refractivity contribution in [3.05, 3.63) is 94.6 Å². The van der Waals surface area contributed by atoms with Crippen molar-refractivity contribution in [2.24, 2.45) is 4.99 Å². The average Bonchev–Trinajstić information content (AvgIpc) is 3.09. The third-order valence-corrected chi connectivity index (χ3v) is 7.04. The maximum absolute atomic E-state index is 13.6. The fourth-order valence-corrected chi connectivity index (χ4v) is 5.32. The second-order valence-corrected chi connectivity index (χ2v) is 9.81. The van der Waals surface area contributed by atoms with Gasteiger partial charge in [-0.25, -0.2) is 9.79 Å². The molecule has 1 unspecified atom stereocenters. The van der Waals surface area contributed by atoms with Gasteiger partial charge in [0.15, 0.2) is 4.80 Å². The van der Waals surface area contributed by atoms with E-state index in [1.165, 1.54) is 11.3 Å². The van der Waals surface area contributed by atoms with Crippen LogP contribution in [0.5, 0.6) is 0 Å². The molecule has 0 aliphatic carbocycles. The topological polar surface area (TPSA) is 63.9 Å². The van der Waals surface area contributed by atoms with Gasteiger partial charge in [-0.3, -0.25) is 9.36 Å². The Kier molecular flexibility index (Phi) is 6.98. The Labute approximate surface area is 211 Å². The number of halogens is 2. The van der Waals surface area contributed by atoms with Crippen LogP contribution in [0.2, 0.25) is 10.0 Å². The number of anilines is 1. The van der Waals surface area contributed by atoms with Crippen molar-refractivity contribution < 1.29 is 9.53 Å². The van der Waals surface area contributed by atoms with Crippen LogP contribution in [0.1, 0.15) is 31.0 Å². The Bertz CT molecular complexity index is 1470. The van der Waals surface area contributed by atoms with Crippen LogP contribution in [0.15, 0.2) is 63.5 Å². The number of carbonyl (C=O) groups excluding carboxylic acids is 1. The molecule has 1 aromatic heterocycles. The van der Waals surface area contributed by atoms with Gasteiger partial charge in [-0.2, -0.15) is 0 Å². The highest BCUT2D eigenvalue weighted by Crippen LogP contribution is 2.31. The molecule has 0 saturated carbocycles. The molecule has 6 nitrogen and oxygen atoms in total. The molecule has 34 heavy (non-hydrogen) atoms. The summed E-state index contributed by atoms with van der Waals surface area (Å²) >= 11 is 13.6. The molecule has 176 valence electrons. The van der Waals surface area contributed by atoms with Crippen molar-refractivity contribution in [3.63, 3.8) is 0 Å². The summed E-state index contributed by atoms with van der Waals surface area (Å²) in [6.07, 6.45) is 1.72. The third-order valence-electron chi connectivity index (χ3n) is 5.49. The third kappa shape index (κ3) is 4.56. The summed E-state index contributed by atoms with van der Waals surface area (Å²) in [7, 11) is 3.90. The molecule has 2 aromatic carbocycles. The number of ether oxygens (including phenoxy) is 1. The summed E-state index contributed by atoms with van der Waals surface area (Å²) in [4.78, 5) is 33.7. The fourth-order valence-electron chi connectivity index (χ4n) is 3.82. The number of allylic oxidation sites excluding steroid dienone is 1. The summed E-state index contributed by atoms with van der Waals surface area (Å²) in [5.74, 6) is -0.486. The quantitative estimate of drug-likeness (QED) is 0.478. The van der Waals surface area contributed by atoms with E-state index in [9.17, 15) is 9.59 Å². The zero-order valence-corrected chi connectivity index (χ0v) is 21.5. The Morgan fingerprint density at radius 1 is 1.21 bits per heavy atom. The minimum absolute atomic E-state index is 0.224. The van der Waals surface area contributed by atoms with Crippen molar-refractivity contribution in [2.45, 2.75) is 19.9 Å². The molecule has 1 atom stereocenters. The second kappa shape index (κ2) is 9.78. The van der Waals surface area contributed by atoms with Gasteiger partial charge in [-0.1, -0.05) is 52.7 Å². The van der Waals surface area contributed by atoms with E-state index in [0.717, 1.165) is 11.3 Å². The lowest BCUT2D eigenvalue weighted by Gasteiger charge is -2.25.